The molecule has 2 heterocycles. The van der Waals surface area contributed by atoms with Crippen LogP contribution in [0, 0.1) is 6.92 Å². The molecule has 1 aromatic heterocycles. The van der Waals surface area contributed by atoms with Gasteiger partial charge in [-0.2, -0.15) is 0 Å². The molecule has 2 atom stereocenters. The monoisotopic (exact) mass is 331 g/mol. The lowest BCUT2D eigenvalue weighted by atomic mass is 10.1. The van der Waals surface area contributed by atoms with Gasteiger partial charge in [-0.05, 0) is 31.4 Å². The molecule has 1 aromatic rings. The topological polar surface area (TPSA) is 47.0 Å². The summed E-state index contributed by atoms with van der Waals surface area (Å²) < 4.78 is 24.1. The van der Waals surface area contributed by atoms with Crippen LogP contribution < -0.4 is 0 Å². The minimum atomic E-state index is -2.93. The number of hydrogen-bond donors (Lipinski definition) is 0. The summed E-state index contributed by atoms with van der Waals surface area (Å²) in [5.41, 5.74) is 2.11. The highest BCUT2D eigenvalue weighted by molar-refractivity contribution is 9.09. The largest absolute Gasteiger partial charge is 0.261 e. The lowest BCUT2D eigenvalue weighted by molar-refractivity contribution is 0.532. The van der Waals surface area contributed by atoms with Crippen LogP contribution >= 0.6 is 15.9 Å². The second-order valence-electron chi connectivity index (χ2n) is 4.89. The lowest BCUT2D eigenvalue weighted by Gasteiger charge is -2.26. The third-order valence-electron chi connectivity index (χ3n) is 3.54. The Balaban J connectivity index is 2.12. The van der Waals surface area contributed by atoms with Crippen molar-refractivity contribution in [2.24, 2.45) is 0 Å². The quantitative estimate of drug-likeness (QED) is 0.800. The van der Waals surface area contributed by atoms with Crippen LogP contribution in [0.2, 0.25) is 0 Å². The van der Waals surface area contributed by atoms with E-state index in [4.69, 9.17) is 0 Å². The molecule has 0 aromatic carbocycles. The first-order chi connectivity index (χ1) is 8.50. The maximum Gasteiger partial charge on any atom is 0.154 e. The van der Waals surface area contributed by atoms with Crippen molar-refractivity contribution in [1.82, 2.24) is 4.98 Å². The zero-order valence-corrected chi connectivity index (χ0v) is 12.9. The third-order valence-corrected chi connectivity index (χ3v) is 7.19. The third kappa shape index (κ3) is 3.12. The van der Waals surface area contributed by atoms with Gasteiger partial charge < -0.3 is 0 Å². The molecule has 100 valence electrons. The standard InChI is InChI=1S/C13H18BrNO2S/c1-10-5-4-7-15-12(10)9-11(14)13-6-2-3-8-18(13,16)17/h4-5,7,11,13H,2-3,6,8-9H2,1H3. The highest BCUT2D eigenvalue weighted by Gasteiger charge is 2.34. The number of aromatic nitrogens is 1. The lowest BCUT2D eigenvalue weighted by Crippen LogP contribution is -2.36. The summed E-state index contributed by atoms with van der Waals surface area (Å²) in [5, 5.41) is -0.257. The van der Waals surface area contributed by atoms with Crippen LogP contribution in [-0.4, -0.2) is 29.2 Å². The van der Waals surface area contributed by atoms with Crippen LogP contribution in [-0.2, 0) is 16.3 Å². The van der Waals surface area contributed by atoms with E-state index in [1.807, 2.05) is 19.1 Å². The van der Waals surface area contributed by atoms with Gasteiger partial charge in [0, 0.05) is 23.1 Å². The molecule has 5 heteroatoms. The van der Waals surface area contributed by atoms with E-state index in [9.17, 15) is 8.42 Å². The second kappa shape index (κ2) is 5.70. The summed E-state index contributed by atoms with van der Waals surface area (Å²) in [6.07, 6.45) is 5.02. The normalized spacial score (nSPS) is 24.7. The Labute approximate surface area is 117 Å². The summed E-state index contributed by atoms with van der Waals surface area (Å²) in [4.78, 5) is 4.30. The van der Waals surface area contributed by atoms with Crippen molar-refractivity contribution in [3.05, 3.63) is 29.6 Å². The Kier molecular flexibility index (Phi) is 4.43. The van der Waals surface area contributed by atoms with Crippen molar-refractivity contribution in [1.29, 1.82) is 0 Å². The van der Waals surface area contributed by atoms with Crippen LogP contribution in [0.5, 0.6) is 0 Å². The first-order valence-corrected chi connectivity index (χ1v) is 8.90. The number of halogens is 1. The maximum atomic E-state index is 12.0. The Bertz CT molecular complexity index is 515. The Morgan fingerprint density at radius 2 is 2.28 bits per heavy atom. The smallest absolute Gasteiger partial charge is 0.154 e. The van der Waals surface area contributed by atoms with Crippen LogP contribution in [0.25, 0.3) is 0 Å². The van der Waals surface area contributed by atoms with Gasteiger partial charge in [-0.25, -0.2) is 8.42 Å². The minimum absolute atomic E-state index is 0.0311. The number of alkyl halides is 1. The fourth-order valence-electron chi connectivity index (χ4n) is 2.43. The van der Waals surface area contributed by atoms with Gasteiger partial charge in [-0.1, -0.05) is 28.4 Å². The highest BCUT2D eigenvalue weighted by Crippen LogP contribution is 2.28. The first-order valence-electron chi connectivity index (χ1n) is 6.27. The molecule has 1 fully saturated rings. The van der Waals surface area contributed by atoms with Gasteiger partial charge in [0.25, 0.3) is 0 Å². The van der Waals surface area contributed by atoms with Crippen molar-refractivity contribution in [2.45, 2.75) is 42.7 Å². The molecule has 0 radical (unpaired) electrons. The number of aryl methyl sites for hydroxylation is 1. The van der Waals surface area contributed by atoms with Gasteiger partial charge in [0.05, 0.1) is 11.0 Å². The zero-order valence-electron chi connectivity index (χ0n) is 10.5. The summed E-state index contributed by atoms with van der Waals surface area (Å²) in [7, 11) is -2.93. The van der Waals surface area contributed by atoms with Crippen molar-refractivity contribution >= 4 is 25.8 Å². The molecule has 3 nitrogen and oxygen atoms in total. The van der Waals surface area contributed by atoms with E-state index < -0.39 is 9.84 Å². The number of hydrogen-bond acceptors (Lipinski definition) is 3. The van der Waals surface area contributed by atoms with Crippen molar-refractivity contribution in [3.63, 3.8) is 0 Å². The summed E-state index contributed by atoms with van der Waals surface area (Å²) in [6.45, 7) is 2.01. The zero-order chi connectivity index (χ0) is 13.2. The number of pyridine rings is 1. The van der Waals surface area contributed by atoms with Gasteiger partial charge in [0.15, 0.2) is 9.84 Å². The minimum Gasteiger partial charge on any atom is -0.261 e. The Morgan fingerprint density at radius 3 is 2.94 bits per heavy atom. The van der Waals surface area contributed by atoms with Gasteiger partial charge >= 0.3 is 0 Å². The van der Waals surface area contributed by atoms with E-state index >= 15 is 0 Å². The average molecular weight is 332 g/mol. The molecule has 0 bridgehead atoms. The number of rotatable bonds is 3. The van der Waals surface area contributed by atoms with Crippen molar-refractivity contribution < 1.29 is 8.42 Å². The molecule has 0 spiro atoms. The highest BCUT2D eigenvalue weighted by atomic mass is 79.9. The molecule has 18 heavy (non-hydrogen) atoms. The summed E-state index contributed by atoms with van der Waals surface area (Å²) in [6, 6.07) is 3.91. The molecule has 2 unspecified atom stereocenters. The predicted molar refractivity (Wildman–Crippen MR) is 76.8 cm³/mol. The van der Waals surface area contributed by atoms with Gasteiger partial charge in [0.1, 0.15) is 0 Å². The van der Waals surface area contributed by atoms with Crippen molar-refractivity contribution in [3.8, 4) is 0 Å². The molecule has 2 rings (SSSR count). The van der Waals surface area contributed by atoms with Gasteiger partial charge in [-0.15, -0.1) is 0 Å². The Morgan fingerprint density at radius 1 is 1.50 bits per heavy atom. The molecule has 0 amide bonds. The summed E-state index contributed by atoms with van der Waals surface area (Å²) >= 11 is 3.57. The van der Waals surface area contributed by atoms with E-state index in [0.29, 0.717) is 12.2 Å². The van der Waals surface area contributed by atoms with Gasteiger partial charge in [0.2, 0.25) is 0 Å². The predicted octanol–water partition coefficient (Wildman–Crippen LogP) is 2.66. The fourth-order valence-corrected chi connectivity index (χ4v) is 5.97. The summed E-state index contributed by atoms with van der Waals surface area (Å²) in [5.74, 6) is 0.334. The maximum absolute atomic E-state index is 12.0. The molecule has 1 aliphatic heterocycles. The molecule has 0 saturated carbocycles. The molecular formula is C13H18BrNO2S. The van der Waals surface area contributed by atoms with Crippen LogP contribution in [0.1, 0.15) is 30.5 Å². The van der Waals surface area contributed by atoms with E-state index in [1.165, 1.54) is 0 Å². The number of nitrogens with zero attached hydrogens (tertiary/aromatic N) is 1. The molecule has 1 aliphatic rings. The van der Waals surface area contributed by atoms with Crippen LogP contribution in [0.4, 0.5) is 0 Å². The molecule has 1 saturated heterocycles. The molecule has 0 aliphatic carbocycles. The van der Waals surface area contributed by atoms with E-state index in [-0.39, 0.29) is 10.1 Å². The first kappa shape index (κ1) is 14.0. The van der Waals surface area contributed by atoms with Crippen LogP contribution in [0.3, 0.4) is 0 Å². The SMILES string of the molecule is Cc1cccnc1CC(Br)C1CCCCS1(=O)=O. The van der Waals surface area contributed by atoms with E-state index in [0.717, 1.165) is 30.5 Å². The van der Waals surface area contributed by atoms with Crippen molar-refractivity contribution in [2.75, 3.05) is 5.75 Å². The average Bonchev–Trinajstić information content (AvgIpc) is 2.31. The molecular weight excluding hydrogens is 314 g/mol. The van der Waals surface area contributed by atoms with Crippen LogP contribution in [0.15, 0.2) is 18.3 Å². The Hall–Kier alpha value is -0.420. The molecule has 0 N–H and O–H groups in total. The van der Waals surface area contributed by atoms with E-state index in [1.54, 1.807) is 6.20 Å². The second-order valence-corrected chi connectivity index (χ2v) is 8.40. The van der Waals surface area contributed by atoms with Gasteiger partial charge in [-0.3, -0.25) is 4.98 Å². The number of sulfone groups is 1. The van der Waals surface area contributed by atoms with E-state index in [2.05, 4.69) is 20.9 Å². The fraction of sp³-hybridized carbons (Fsp3) is 0.615.